The summed E-state index contributed by atoms with van der Waals surface area (Å²) in [7, 11) is 0. The number of aromatic nitrogens is 1. The number of hydrogen-bond donors (Lipinski definition) is 2. The highest BCUT2D eigenvalue weighted by Gasteiger charge is 2.16. The maximum absolute atomic E-state index is 12.0. The number of ether oxygens (including phenoxy) is 1. The summed E-state index contributed by atoms with van der Waals surface area (Å²) in [5.41, 5.74) is 1.04. The van der Waals surface area contributed by atoms with Crippen molar-refractivity contribution in [1.29, 1.82) is 0 Å². The average molecular weight is 318 g/mol. The molecule has 2 fully saturated rings. The Morgan fingerprint density at radius 3 is 2.78 bits per heavy atom. The third-order valence-corrected chi connectivity index (χ3v) is 4.57. The number of hydrogen-bond acceptors (Lipinski definition) is 5. The van der Waals surface area contributed by atoms with E-state index in [1.54, 1.807) is 0 Å². The molecule has 2 N–H and O–H groups in total. The molecule has 6 nitrogen and oxygen atoms in total. The zero-order valence-corrected chi connectivity index (χ0v) is 13.6. The van der Waals surface area contributed by atoms with E-state index < -0.39 is 0 Å². The van der Waals surface area contributed by atoms with Gasteiger partial charge < -0.3 is 20.3 Å². The topological polar surface area (TPSA) is 66.5 Å². The Hall–Kier alpha value is -1.66. The van der Waals surface area contributed by atoms with Gasteiger partial charge in [-0.25, -0.2) is 4.98 Å². The summed E-state index contributed by atoms with van der Waals surface area (Å²) in [6.45, 7) is 5.92. The van der Waals surface area contributed by atoms with Crippen LogP contribution < -0.4 is 15.5 Å². The molecule has 0 atom stereocenters. The van der Waals surface area contributed by atoms with Crippen molar-refractivity contribution >= 4 is 11.7 Å². The van der Waals surface area contributed by atoms with E-state index in [-0.39, 0.29) is 5.91 Å². The normalized spacial score (nSPS) is 19.6. The summed E-state index contributed by atoms with van der Waals surface area (Å²) >= 11 is 0. The van der Waals surface area contributed by atoms with Crippen molar-refractivity contribution in [3.05, 3.63) is 23.9 Å². The van der Waals surface area contributed by atoms with E-state index in [0.29, 0.717) is 18.9 Å². The molecule has 3 heterocycles. The highest BCUT2D eigenvalue weighted by molar-refractivity contribution is 5.76. The molecule has 1 aromatic rings. The number of nitrogens with one attached hydrogen (secondary N) is 2. The van der Waals surface area contributed by atoms with Gasteiger partial charge in [-0.1, -0.05) is 6.07 Å². The van der Waals surface area contributed by atoms with Crippen LogP contribution in [0.2, 0.25) is 0 Å². The highest BCUT2D eigenvalue weighted by atomic mass is 16.5. The zero-order valence-electron chi connectivity index (χ0n) is 13.6. The minimum absolute atomic E-state index is 0.147. The van der Waals surface area contributed by atoms with Crippen molar-refractivity contribution in [1.82, 2.24) is 15.6 Å². The fraction of sp³-hybridized carbons (Fsp3) is 0.647. The maximum Gasteiger partial charge on any atom is 0.220 e. The number of piperidine rings is 1. The Morgan fingerprint density at radius 2 is 2.09 bits per heavy atom. The summed E-state index contributed by atoms with van der Waals surface area (Å²) < 4.78 is 5.35. The van der Waals surface area contributed by atoms with E-state index in [1.807, 2.05) is 18.3 Å². The maximum atomic E-state index is 12.0. The lowest BCUT2D eigenvalue weighted by molar-refractivity contribution is -0.122. The van der Waals surface area contributed by atoms with Crippen LogP contribution in [-0.4, -0.2) is 50.3 Å². The Morgan fingerprint density at radius 1 is 1.30 bits per heavy atom. The standard InChI is InChI=1S/C17H26N4O2/c22-17(11-14-3-5-18-6-4-14)20-13-15-1-2-16(19-12-15)21-7-9-23-10-8-21/h1-2,12,14,18H,3-11,13H2,(H,20,22). The van der Waals surface area contributed by atoms with E-state index in [1.165, 1.54) is 0 Å². The second-order valence-electron chi connectivity index (χ2n) is 6.30. The Bertz CT molecular complexity index is 494. The van der Waals surface area contributed by atoms with Crippen LogP contribution in [0.15, 0.2) is 18.3 Å². The van der Waals surface area contributed by atoms with E-state index in [9.17, 15) is 4.79 Å². The van der Waals surface area contributed by atoms with Crippen LogP contribution in [0.3, 0.4) is 0 Å². The first-order valence-corrected chi connectivity index (χ1v) is 8.56. The number of carbonyl (C=O) groups excluding carboxylic acids is 1. The quantitative estimate of drug-likeness (QED) is 0.845. The SMILES string of the molecule is O=C(CC1CCNCC1)NCc1ccc(N2CCOCC2)nc1. The molecule has 126 valence electrons. The smallest absolute Gasteiger partial charge is 0.220 e. The molecule has 2 saturated heterocycles. The fourth-order valence-electron chi connectivity index (χ4n) is 3.12. The zero-order chi connectivity index (χ0) is 15.9. The second-order valence-corrected chi connectivity index (χ2v) is 6.30. The molecule has 2 aliphatic rings. The molecule has 0 aliphatic carbocycles. The van der Waals surface area contributed by atoms with Gasteiger partial charge in [-0.2, -0.15) is 0 Å². The van der Waals surface area contributed by atoms with Crippen molar-refractivity contribution in [2.24, 2.45) is 5.92 Å². The van der Waals surface area contributed by atoms with Crippen molar-refractivity contribution in [2.75, 3.05) is 44.3 Å². The first kappa shape index (κ1) is 16.2. The van der Waals surface area contributed by atoms with Crippen LogP contribution in [0, 0.1) is 5.92 Å². The number of anilines is 1. The predicted octanol–water partition coefficient (Wildman–Crippen LogP) is 0.924. The molecule has 1 aromatic heterocycles. The van der Waals surface area contributed by atoms with Crippen molar-refractivity contribution in [2.45, 2.75) is 25.8 Å². The number of pyridine rings is 1. The lowest BCUT2D eigenvalue weighted by Crippen LogP contribution is -2.36. The summed E-state index contributed by atoms with van der Waals surface area (Å²) in [6, 6.07) is 4.07. The Balaban J connectivity index is 1.43. The molecule has 0 bridgehead atoms. The summed E-state index contributed by atoms with van der Waals surface area (Å²) in [4.78, 5) is 18.8. The fourth-order valence-corrected chi connectivity index (χ4v) is 3.12. The van der Waals surface area contributed by atoms with Gasteiger partial charge in [0.1, 0.15) is 5.82 Å². The Labute approximate surface area is 137 Å². The molecule has 6 heteroatoms. The van der Waals surface area contributed by atoms with Crippen LogP contribution in [0.5, 0.6) is 0 Å². The molecule has 0 radical (unpaired) electrons. The number of carbonyl (C=O) groups is 1. The minimum atomic E-state index is 0.147. The van der Waals surface area contributed by atoms with E-state index in [0.717, 1.165) is 63.6 Å². The summed E-state index contributed by atoms with van der Waals surface area (Å²) in [5, 5.41) is 6.34. The monoisotopic (exact) mass is 318 g/mol. The van der Waals surface area contributed by atoms with Crippen molar-refractivity contribution in [3.63, 3.8) is 0 Å². The lowest BCUT2D eigenvalue weighted by Gasteiger charge is -2.27. The third-order valence-electron chi connectivity index (χ3n) is 4.57. The van der Waals surface area contributed by atoms with Gasteiger partial charge >= 0.3 is 0 Å². The van der Waals surface area contributed by atoms with Gasteiger partial charge in [-0.3, -0.25) is 4.79 Å². The van der Waals surface area contributed by atoms with E-state index in [2.05, 4.69) is 20.5 Å². The molecule has 3 rings (SSSR count). The average Bonchev–Trinajstić information content (AvgIpc) is 2.62. The van der Waals surface area contributed by atoms with Crippen LogP contribution in [-0.2, 0) is 16.1 Å². The van der Waals surface area contributed by atoms with Gasteiger partial charge in [-0.15, -0.1) is 0 Å². The molecule has 0 unspecified atom stereocenters. The van der Waals surface area contributed by atoms with Gasteiger partial charge in [0.15, 0.2) is 0 Å². The van der Waals surface area contributed by atoms with Gasteiger partial charge in [0.2, 0.25) is 5.91 Å². The number of amides is 1. The number of nitrogens with zero attached hydrogens (tertiary/aromatic N) is 2. The molecule has 0 aromatic carbocycles. The van der Waals surface area contributed by atoms with E-state index in [4.69, 9.17) is 4.74 Å². The first-order valence-electron chi connectivity index (χ1n) is 8.56. The number of morpholine rings is 1. The largest absolute Gasteiger partial charge is 0.378 e. The summed E-state index contributed by atoms with van der Waals surface area (Å²) in [6.07, 6.45) is 4.70. The van der Waals surface area contributed by atoms with Gasteiger partial charge in [-0.05, 0) is 43.5 Å². The molecule has 2 aliphatic heterocycles. The van der Waals surface area contributed by atoms with Crippen LogP contribution >= 0.6 is 0 Å². The third kappa shape index (κ3) is 4.91. The van der Waals surface area contributed by atoms with Gasteiger partial charge in [0, 0.05) is 32.3 Å². The van der Waals surface area contributed by atoms with E-state index >= 15 is 0 Å². The van der Waals surface area contributed by atoms with Gasteiger partial charge in [0.05, 0.1) is 13.2 Å². The van der Waals surface area contributed by atoms with Gasteiger partial charge in [0.25, 0.3) is 0 Å². The predicted molar refractivity (Wildman–Crippen MR) is 89.3 cm³/mol. The highest BCUT2D eigenvalue weighted by Crippen LogP contribution is 2.16. The molecular weight excluding hydrogens is 292 g/mol. The first-order chi connectivity index (χ1) is 11.3. The Kier molecular flexibility index (Phi) is 5.82. The van der Waals surface area contributed by atoms with Crippen molar-refractivity contribution in [3.8, 4) is 0 Å². The molecule has 0 saturated carbocycles. The molecule has 23 heavy (non-hydrogen) atoms. The van der Waals surface area contributed by atoms with Crippen LogP contribution in [0.25, 0.3) is 0 Å². The second kappa shape index (κ2) is 8.26. The lowest BCUT2D eigenvalue weighted by atomic mass is 9.94. The minimum Gasteiger partial charge on any atom is -0.378 e. The molecule has 1 amide bonds. The van der Waals surface area contributed by atoms with Crippen molar-refractivity contribution < 1.29 is 9.53 Å². The number of rotatable bonds is 5. The molecular formula is C17H26N4O2. The molecule has 0 spiro atoms. The summed E-state index contributed by atoms with van der Waals surface area (Å²) in [5.74, 6) is 1.66. The van der Waals surface area contributed by atoms with Crippen LogP contribution in [0.1, 0.15) is 24.8 Å². The van der Waals surface area contributed by atoms with Crippen LogP contribution in [0.4, 0.5) is 5.82 Å².